The van der Waals surface area contributed by atoms with E-state index in [1.807, 2.05) is 67.6 Å². The fourth-order valence-electron chi connectivity index (χ4n) is 2.68. The van der Waals surface area contributed by atoms with Gasteiger partial charge in [-0.05, 0) is 23.8 Å². The van der Waals surface area contributed by atoms with Crippen LogP contribution in [0, 0.1) is 11.3 Å². The van der Waals surface area contributed by atoms with Gasteiger partial charge in [0.05, 0.1) is 17.5 Å². The highest BCUT2D eigenvalue weighted by atomic mass is 32.2. The number of hydrogen-bond acceptors (Lipinski definition) is 5. The lowest BCUT2D eigenvalue weighted by Crippen LogP contribution is -1.96. The van der Waals surface area contributed by atoms with E-state index in [9.17, 15) is 5.26 Å². The number of benzene rings is 1. The standard InChI is InChI=1S/C21H22N4S2/c1-3-4-10-26-15-27-21-19(12-22)18(16-8-6-5-7-9-16)11-20(24-21)17-13-23-25(2)14-17/h5-9,11,13-14H,3-4,10,15H2,1-2H3. The molecule has 0 saturated carbocycles. The molecule has 1 aromatic carbocycles. The predicted octanol–water partition coefficient (Wildman–Crippen LogP) is 5.60. The highest BCUT2D eigenvalue weighted by molar-refractivity contribution is 8.15. The van der Waals surface area contributed by atoms with Crippen molar-refractivity contribution in [3.05, 3.63) is 54.4 Å². The molecule has 0 radical (unpaired) electrons. The van der Waals surface area contributed by atoms with E-state index in [1.54, 1.807) is 16.4 Å². The van der Waals surface area contributed by atoms with E-state index < -0.39 is 0 Å². The van der Waals surface area contributed by atoms with Crippen molar-refractivity contribution in [2.75, 3.05) is 10.8 Å². The third kappa shape index (κ3) is 4.94. The molecule has 2 heterocycles. The number of unbranched alkanes of at least 4 members (excludes halogenated alkanes) is 1. The Kier molecular flexibility index (Phi) is 6.97. The number of hydrogen-bond donors (Lipinski definition) is 0. The summed E-state index contributed by atoms with van der Waals surface area (Å²) in [5.74, 6) is 1.14. The molecule has 138 valence electrons. The number of nitrogens with zero attached hydrogens (tertiary/aromatic N) is 4. The van der Waals surface area contributed by atoms with Crippen LogP contribution in [0.4, 0.5) is 0 Å². The summed E-state index contributed by atoms with van der Waals surface area (Å²) >= 11 is 3.55. The van der Waals surface area contributed by atoms with Crippen LogP contribution in [0.2, 0.25) is 0 Å². The summed E-state index contributed by atoms with van der Waals surface area (Å²) in [6.07, 6.45) is 6.18. The average Bonchev–Trinajstić information content (AvgIpc) is 3.14. The van der Waals surface area contributed by atoms with Crippen molar-refractivity contribution in [3.8, 4) is 28.5 Å². The van der Waals surface area contributed by atoms with Gasteiger partial charge in [-0.25, -0.2) is 4.98 Å². The second-order valence-electron chi connectivity index (χ2n) is 6.14. The van der Waals surface area contributed by atoms with Gasteiger partial charge in [-0.3, -0.25) is 4.68 Å². The van der Waals surface area contributed by atoms with Gasteiger partial charge in [0, 0.05) is 29.5 Å². The van der Waals surface area contributed by atoms with Crippen LogP contribution in [0.1, 0.15) is 25.3 Å². The maximum Gasteiger partial charge on any atom is 0.116 e. The van der Waals surface area contributed by atoms with E-state index in [-0.39, 0.29) is 0 Å². The molecule has 0 N–H and O–H groups in total. The Morgan fingerprint density at radius 2 is 2.00 bits per heavy atom. The Labute approximate surface area is 169 Å². The number of aromatic nitrogens is 3. The molecule has 6 heteroatoms. The molecule has 0 spiro atoms. The molecule has 0 atom stereocenters. The van der Waals surface area contributed by atoms with Crippen molar-refractivity contribution in [2.45, 2.75) is 24.8 Å². The fraction of sp³-hybridized carbons (Fsp3) is 0.286. The highest BCUT2D eigenvalue weighted by Crippen LogP contribution is 2.35. The molecule has 0 amide bonds. The van der Waals surface area contributed by atoms with Crippen molar-refractivity contribution in [1.29, 1.82) is 5.26 Å². The van der Waals surface area contributed by atoms with Crippen LogP contribution in [0.5, 0.6) is 0 Å². The van der Waals surface area contributed by atoms with E-state index in [2.05, 4.69) is 18.1 Å². The van der Waals surface area contributed by atoms with Crippen LogP contribution in [-0.4, -0.2) is 25.6 Å². The monoisotopic (exact) mass is 394 g/mol. The molecule has 0 unspecified atom stereocenters. The zero-order chi connectivity index (χ0) is 19.1. The van der Waals surface area contributed by atoms with Crippen molar-refractivity contribution in [3.63, 3.8) is 0 Å². The lowest BCUT2D eigenvalue weighted by molar-refractivity contribution is 0.768. The summed E-state index contributed by atoms with van der Waals surface area (Å²) in [6.45, 7) is 2.20. The van der Waals surface area contributed by atoms with Gasteiger partial charge in [-0.2, -0.15) is 22.1 Å². The predicted molar refractivity (Wildman–Crippen MR) is 115 cm³/mol. The minimum absolute atomic E-state index is 0.648. The normalized spacial score (nSPS) is 10.7. The largest absolute Gasteiger partial charge is 0.275 e. The van der Waals surface area contributed by atoms with Gasteiger partial charge in [0.15, 0.2) is 0 Å². The molecule has 4 nitrogen and oxygen atoms in total. The van der Waals surface area contributed by atoms with Crippen molar-refractivity contribution >= 4 is 23.5 Å². The van der Waals surface area contributed by atoms with Crippen molar-refractivity contribution < 1.29 is 0 Å². The van der Waals surface area contributed by atoms with Gasteiger partial charge in [0.2, 0.25) is 0 Å². The Hall–Kier alpha value is -2.23. The molecule has 3 aromatic rings. The first-order chi connectivity index (χ1) is 13.2. The van der Waals surface area contributed by atoms with Crippen molar-refractivity contribution in [2.24, 2.45) is 7.05 Å². The maximum absolute atomic E-state index is 9.84. The van der Waals surface area contributed by atoms with E-state index in [0.717, 1.165) is 38.2 Å². The van der Waals surface area contributed by atoms with Crippen LogP contribution in [-0.2, 0) is 7.05 Å². The Balaban J connectivity index is 2.01. The summed E-state index contributed by atoms with van der Waals surface area (Å²) in [6, 6.07) is 14.4. The minimum atomic E-state index is 0.648. The molecule has 0 aliphatic rings. The summed E-state index contributed by atoms with van der Waals surface area (Å²) in [7, 11) is 1.89. The Morgan fingerprint density at radius 1 is 1.19 bits per heavy atom. The maximum atomic E-state index is 9.84. The first kappa shape index (κ1) is 19.5. The van der Waals surface area contributed by atoms with Gasteiger partial charge in [-0.1, -0.05) is 55.4 Å². The lowest BCUT2D eigenvalue weighted by atomic mass is 10.0. The molecule has 0 aliphatic heterocycles. The number of nitriles is 1. The number of rotatable bonds is 8. The molecule has 2 aromatic heterocycles. The summed E-state index contributed by atoms with van der Waals surface area (Å²) < 4.78 is 1.77. The third-order valence-electron chi connectivity index (χ3n) is 4.10. The van der Waals surface area contributed by atoms with Gasteiger partial charge in [0.1, 0.15) is 11.1 Å². The molecular weight excluding hydrogens is 372 g/mol. The van der Waals surface area contributed by atoms with Crippen LogP contribution >= 0.6 is 23.5 Å². The Morgan fingerprint density at radius 3 is 2.67 bits per heavy atom. The van der Waals surface area contributed by atoms with E-state index in [0.29, 0.717) is 5.56 Å². The molecule has 3 rings (SSSR count). The first-order valence-electron chi connectivity index (χ1n) is 8.93. The van der Waals surface area contributed by atoms with Gasteiger partial charge in [0.25, 0.3) is 0 Å². The molecule has 0 saturated heterocycles. The highest BCUT2D eigenvalue weighted by Gasteiger charge is 2.16. The van der Waals surface area contributed by atoms with Crippen LogP contribution in [0.3, 0.4) is 0 Å². The van der Waals surface area contributed by atoms with E-state index in [4.69, 9.17) is 4.98 Å². The van der Waals surface area contributed by atoms with Gasteiger partial charge >= 0.3 is 0 Å². The number of thioether (sulfide) groups is 2. The van der Waals surface area contributed by atoms with Gasteiger partial charge < -0.3 is 0 Å². The number of aryl methyl sites for hydroxylation is 1. The summed E-state index contributed by atoms with van der Waals surface area (Å²) in [5.41, 5.74) is 4.41. The first-order valence-corrected chi connectivity index (χ1v) is 11.1. The molecule has 0 fully saturated rings. The zero-order valence-corrected chi connectivity index (χ0v) is 17.2. The van der Waals surface area contributed by atoms with E-state index in [1.165, 1.54) is 12.8 Å². The van der Waals surface area contributed by atoms with Crippen LogP contribution < -0.4 is 0 Å². The van der Waals surface area contributed by atoms with Crippen molar-refractivity contribution in [1.82, 2.24) is 14.8 Å². The second-order valence-corrected chi connectivity index (χ2v) is 8.57. The quantitative estimate of drug-likeness (QED) is 0.283. The summed E-state index contributed by atoms with van der Waals surface area (Å²) in [4.78, 5) is 4.80. The zero-order valence-electron chi connectivity index (χ0n) is 15.6. The molecule has 27 heavy (non-hydrogen) atoms. The lowest BCUT2D eigenvalue weighted by Gasteiger charge is -2.11. The smallest absolute Gasteiger partial charge is 0.116 e. The SMILES string of the molecule is CCCCSCSc1nc(-c2cnn(C)c2)cc(-c2ccccc2)c1C#N. The molecular formula is C21H22N4S2. The van der Waals surface area contributed by atoms with Gasteiger partial charge in [-0.15, -0.1) is 0 Å². The molecule has 0 aliphatic carbocycles. The number of pyridine rings is 1. The average molecular weight is 395 g/mol. The summed E-state index contributed by atoms with van der Waals surface area (Å²) in [5, 5.41) is 15.8. The van der Waals surface area contributed by atoms with Crippen LogP contribution in [0.25, 0.3) is 22.4 Å². The van der Waals surface area contributed by atoms with Crippen LogP contribution in [0.15, 0.2) is 53.8 Å². The second kappa shape index (κ2) is 9.63. The fourth-order valence-corrected chi connectivity index (χ4v) is 4.89. The minimum Gasteiger partial charge on any atom is -0.275 e. The third-order valence-corrected chi connectivity index (χ3v) is 6.39. The van der Waals surface area contributed by atoms with E-state index >= 15 is 0 Å². The Bertz CT molecular complexity index is 929. The topological polar surface area (TPSA) is 54.5 Å². The molecule has 0 bridgehead atoms.